The molecule has 0 bridgehead atoms. The number of nitrogens with one attached hydrogen (secondary N) is 1. The second-order valence-corrected chi connectivity index (χ2v) is 9.23. The topological polar surface area (TPSA) is 106 Å². The minimum Gasteiger partial charge on any atom is -0.302 e. The molecule has 3 heterocycles. The molecule has 1 aliphatic carbocycles. The van der Waals surface area contributed by atoms with Gasteiger partial charge in [-0.05, 0) is 37.1 Å². The number of nitrogens with zero attached hydrogens (tertiary/aromatic N) is 4. The summed E-state index contributed by atoms with van der Waals surface area (Å²) in [5.74, 6) is 0.372. The van der Waals surface area contributed by atoms with Gasteiger partial charge < -0.3 is 5.32 Å². The van der Waals surface area contributed by atoms with E-state index in [-0.39, 0.29) is 21.7 Å². The van der Waals surface area contributed by atoms with E-state index < -0.39 is 9.84 Å². The molecule has 0 radical (unpaired) electrons. The average molecular weight is 399 g/mol. The van der Waals surface area contributed by atoms with Gasteiger partial charge in [0.1, 0.15) is 0 Å². The second kappa shape index (κ2) is 5.83. The van der Waals surface area contributed by atoms with Crippen LogP contribution in [0, 0.1) is 5.92 Å². The van der Waals surface area contributed by atoms with Gasteiger partial charge in [-0.3, -0.25) is 9.20 Å². The summed E-state index contributed by atoms with van der Waals surface area (Å²) >= 11 is 1.26. The van der Waals surface area contributed by atoms with Crippen molar-refractivity contribution in [3.63, 3.8) is 0 Å². The zero-order valence-electron chi connectivity index (χ0n) is 13.9. The number of sulfone groups is 1. The Morgan fingerprint density at radius 3 is 2.93 bits per heavy atom. The Labute approximate surface area is 157 Å². The molecule has 3 aromatic heterocycles. The van der Waals surface area contributed by atoms with Gasteiger partial charge in [-0.2, -0.15) is 0 Å². The first-order chi connectivity index (χ1) is 13.0. The lowest BCUT2D eigenvalue weighted by Gasteiger charge is -2.04. The van der Waals surface area contributed by atoms with Crippen molar-refractivity contribution in [2.45, 2.75) is 22.8 Å². The van der Waals surface area contributed by atoms with E-state index in [0.29, 0.717) is 21.1 Å². The highest BCUT2D eigenvalue weighted by Gasteiger charge is 2.30. The number of fused-ring (bicyclic) bond motifs is 2. The number of hydrogen-bond donors (Lipinski definition) is 1. The molecular formula is C17H13N5O3S2. The van der Waals surface area contributed by atoms with E-state index in [2.05, 4.69) is 20.3 Å². The molecule has 0 saturated heterocycles. The highest BCUT2D eigenvalue weighted by atomic mass is 32.2. The lowest BCUT2D eigenvalue weighted by molar-refractivity contribution is -0.117. The van der Waals surface area contributed by atoms with Crippen molar-refractivity contribution in [2.24, 2.45) is 5.92 Å². The van der Waals surface area contributed by atoms with Crippen LogP contribution in [0.1, 0.15) is 12.8 Å². The van der Waals surface area contributed by atoms with Crippen molar-refractivity contribution < 1.29 is 13.2 Å². The van der Waals surface area contributed by atoms with Gasteiger partial charge in [-0.25, -0.2) is 23.4 Å². The van der Waals surface area contributed by atoms with Crippen molar-refractivity contribution in [3.05, 3.63) is 42.9 Å². The summed E-state index contributed by atoms with van der Waals surface area (Å²) in [6.45, 7) is 0. The molecule has 1 aliphatic rings. The van der Waals surface area contributed by atoms with Crippen LogP contribution in [0.2, 0.25) is 0 Å². The predicted octanol–water partition coefficient (Wildman–Crippen LogP) is 2.52. The summed E-state index contributed by atoms with van der Waals surface area (Å²) in [6.07, 6.45) is 6.29. The van der Waals surface area contributed by atoms with Gasteiger partial charge in [0, 0.05) is 18.3 Å². The van der Waals surface area contributed by atoms with E-state index in [1.54, 1.807) is 30.6 Å². The van der Waals surface area contributed by atoms with Crippen LogP contribution in [-0.2, 0) is 14.6 Å². The van der Waals surface area contributed by atoms with Crippen LogP contribution in [0.25, 0.3) is 16.0 Å². The number of carbonyl (C=O) groups excluding carboxylic acids is 1. The molecule has 0 aliphatic heterocycles. The number of imidazole rings is 1. The number of rotatable bonds is 4. The Morgan fingerprint density at radius 1 is 1.26 bits per heavy atom. The molecule has 0 spiro atoms. The summed E-state index contributed by atoms with van der Waals surface area (Å²) in [4.78, 5) is 24.5. The molecule has 0 unspecified atom stereocenters. The van der Waals surface area contributed by atoms with Crippen LogP contribution in [0.5, 0.6) is 0 Å². The molecule has 8 nitrogen and oxygen atoms in total. The number of benzene rings is 1. The zero-order chi connectivity index (χ0) is 18.6. The number of anilines is 1. The molecule has 1 N–H and O–H groups in total. The van der Waals surface area contributed by atoms with Gasteiger partial charge in [-0.1, -0.05) is 11.3 Å². The largest absolute Gasteiger partial charge is 0.302 e. The molecule has 5 rings (SSSR count). The Bertz CT molecular complexity index is 1300. The van der Waals surface area contributed by atoms with Crippen molar-refractivity contribution in [1.82, 2.24) is 19.4 Å². The van der Waals surface area contributed by atoms with Crippen LogP contribution in [0.4, 0.5) is 5.13 Å². The zero-order valence-corrected chi connectivity index (χ0v) is 15.5. The number of carbonyl (C=O) groups is 1. The van der Waals surface area contributed by atoms with Gasteiger partial charge in [0.05, 0.1) is 21.3 Å². The fourth-order valence-corrected chi connectivity index (χ4v) is 5.14. The predicted molar refractivity (Wildman–Crippen MR) is 99.4 cm³/mol. The molecular weight excluding hydrogens is 386 g/mol. The average Bonchev–Trinajstić information content (AvgIpc) is 3.29. The van der Waals surface area contributed by atoms with Gasteiger partial charge in [0.2, 0.25) is 21.5 Å². The van der Waals surface area contributed by atoms with Gasteiger partial charge >= 0.3 is 0 Å². The molecule has 0 atom stereocenters. The van der Waals surface area contributed by atoms with Crippen molar-refractivity contribution >= 4 is 48.2 Å². The van der Waals surface area contributed by atoms with E-state index >= 15 is 0 Å². The lowest BCUT2D eigenvalue weighted by Crippen LogP contribution is -2.12. The van der Waals surface area contributed by atoms with Crippen molar-refractivity contribution in [3.8, 4) is 0 Å². The molecule has 1 saturated carbocycles. The monoisotopic (exact) mass is 399 g/mol. The Balaban J connectivity index is 1.54. The highest BCUT2D eigenvalue weighted by Crippen LogP contribution is 2.33. The molecule has 1 fully saturated rings. The Hall–Kier alpha value is -2.85. The third-order valence-corrected chi connectivity index (χ3v) is 7.04. The van der Waals surface area contributed by atoms with Crippen LogP contribution >= 0.6 is 11.3 Å². The normalized spacial score (nSPS) is 14.7. The minimum absolute atomic E-state index is 0.0277. The summed E-state index contributed by atoms with van der Waals surface area (Å²) in [5, 5.41) is 3.33. The number of aromatic nitrogens is 4. The van der Waals surface area contributed by atoms with Crippen LogP contribution in [-0.4, -0.2) is 33.7 Å². The smallest absolute Gasteiger partial charge is 0.234 e. The summed E-state index contributed by atoms with van der Waals surface area (Å²) in [6, 6.07) is 6.38. The van der Waals surface area contributed by atoms with Crippen LogP contribution in [0.3, 0.4) is 0 Å². The van der Waals surface area contributed by atoms with Gasteiger partial charge in [0.25, 0.3) is 0 Å². The third kappa shape index (κ3) is 2.77. The Kier molecular flexibility index (Phi) is 3.52. The lowest BCUT2D eigenvalue weighted by atomic mass is 10.3. The van der Waals surface area contributed by atoms with Gasteiger partial charge in [0.15, 0.2) is 10.2 Å². The van der Waals surface area contributed by atoms with E-state index in [9.17, 15) is 13.2 Å². The van der Waals surface area contributed by atoms with Crippen LogP contribution < -0.4 is 5.32 Å². The number of hydrogen-bond acceptors (Lipinski definition) is 7. The maximum atomic E-state index is 13.1. The first-order valence-electron chi connectivity index (χ1n) is 8.27. The summed E-state index contributed by atoms with van der Waals surface area (Å²) in [7, 11) is -3.78. The molecule has 136 valence electrons. The highest BCUT2D eigenvalue weighted by molar-refractivity contribution is 7.91. The maximum absolute atomic E-state index is 13.1. The summed E-state index contributed by atoms with van der Waals surface area (Å²) < 4.78 is 28.2. The maximum Gasteiger partial charge on any atom is 0.234 e. The third-order valence-electron chi connectivity index (χ3n) is 4.38. The first-order valence-corrected chi connectivity index (χ1v) is 10.6. The van der Waals surface area contributed by atoms with Crippen molar-refractivity contribution in [2.75, 3.05) is 5.32 Å². The Morgan fingerprint density at radius 2 is 2.11 bits per heavy atom. The van der Waals surface area contributed by atoms with E-state index in [4.69, 9.17) is 0 Å². The fraction of sp³-hybridized carbons (Fsp3) is 0.176. The standard InChI is InChI=1S/C17H13N5O3S2/c23-15(10-2-3-10)21-17-20-12-5-4-11(8-13(12)26-17)27(24,25)14-9-19-16-18-6-1-7-22(14)16/h1,4-10H,2-3H2,(H,20,21,23). The molecule has 1 amide bonds. The first kappa shape index (κ1) is 16.3. The fourth-order valence-electron chi connectivity index (χ4n) is 2.80. The molecule has 1 aromatic carbocycles. The number of amides is 1. The van der Waals surface area contributed by atoms with E-state index in [1.165, 1.54) is 28.0 Å². The molecule has 27 heavy (non-hydrogen) atoms. The molecule has 10 heteroatoms. The summed E-state index contributed by atoms with van der Waals surface area (Å²) in [5.41, 5.74) is 0.643. The van der Waals surface area contributed by atoms with Crippen molar-refractivity contribution in [1.29, 1.82) is 0 Å². The SMILES string of the molecule is O=C(Nc1nc2ccc(S(=O)(=O)c3cnc4ncccn34)cc2s1)C1CC1. The molecule has 4 aromatic rings. The number of thiazole rings is 1. The van der Waals surface area contributed by atoms with E-state index in [1.807, 2.05) is 0 Å². The van der Waals surface area contributed by atoms with Crippen LogP contribution in [0.15, 0.2) is 52.8 Å². The second-order valence-electron chi connectivity index (χ2n) is 6.30. The minimum atomic E-state index is -3.78. The van der Waals surface area contributed by atoms with Gasteiger partial charge in [-0.15, -0.1) is 0 Å². The quantitative estimate of drug-likeness (QED) is 0.565. The van der Waals surface area contributed by atoms with E-state index in [0.717, 1.165) is 12.8 Å².